The molecule has 11 heteroatoms. The summed E-state index contributed by atoms with van der Waals surface area (Å²) in [6.07, 6.45) is 0. The van der Waals surface area contributed by atoms with Gasteiger partial charge in [0.25, 0.3) is 11.8 Å². The van der Waals surface area contributed by atoms with E-state index in [2.05, 4.69) is 10.2 Å². The van der Waals surface area contributed by atoms with Gasteiger partial charge in [-0.3, -0.25) is 0 Å². The molecule has 0 aliphatic carbocycles. The molecule has 1 aliphatic heterocycles. The van der Waals surface area contributed by atoms with Crippen LogP contribution in [-0.4, -0.2) is 55.2 Å². The monoisotopic (exact) mass is 435 g/mol. The predicted molar refractivity (Wildman–Crippen MR) is 103 cm³/mol. The van der Waals surface area contributed by atoms with Gasteiger partial charge in [-0.25, -0.2) is 13.2 Å². The number of hydrogen-bond acceptors (Lipinski definition) is 9. The lowest BCUT2D eigenvalue weighted by Crippen LogP contribution is -2.40. The minimum absolute atomic E-state index is 0.0339. The first-order valence-corrected chi connectivity index (χ1v) is 11.1. The summed E-state index contributed by atoms with van der Waals surface area (Å²) in [6, 6.07) is 9.46. The van der Waals surface area contributed by atoms with E-state index in [1.54, 1.807) is 0 Å². The van der Waals surface area contributed by atoms with Gasteiger partial charge in [0.15, 0.2) is 6.61 Å². The Morgan fingerprint density at radius 3 is 2.76 bits per heavy atom. The van der Waals surface area contributed by atoms with Gasteiger partial charge in [-0.15, -0.1) is 21.5 Å². The van der Waals surface area contributed by atoms with E-state index in [1.165, 1.54) is 39.9 Å². The summed E-state index contributed by atoms with van der Waals surface area (Å²) in [6.45, 7) is 1.04. The number of rotatable bonds is 6. The van der Waals surface area contributed by atoms with Crippen LogP contribution in [0.25, 0.3) is 10.8 Å². The summed E-state index contributed by atoms with van der Waals surface area (Å²) < 4.78 is 42.7. The molecular formula is C18H17N3O6S2. The second kappa shape index (κ2) is 8.41. The molecule has 4 rings (SSSR count). The van der Waals surface area contributed by atoms with Gasteiger partial charge in [0.1, 0.15) is 0 Å². The molecule has 0 amide bonds. The SMILES string of the molecule is O=C(OCc1nnc(-c2cccs2)o1)c1cccc(S(=O)(=O)N2CCOCC2)c1. The van der Waals surface area contributed by atoms with Crippen molar-refractivity contribution in [1.82, 2.24) is 14.5 Å². The molecule has 152 valence electrons. The third-order valence-corrected chi connectivity index (χ3v) is 6.96. The molecule has 29 heavy (non-hydrogen) atoms. The van der Waals surface area contributed by atoms with Crippen LogP contribution in [0.4, 0.5) is 0 Å². The number of morpholine rings is 1. The molecule has 2 aromatic heterocycles. The highest BCUT2D eigenvalue weighted by atomic mass is 32.2. The summed E-state index contributed by atoms with van der Waals surface area (Å²) in [7, 11) is -3.70. The smallest absolute Gasteiger partial charge is 0.338 e. The van der Waals surface area contributed by atoms with Crippen molar-refractivity contribution in [3.63, 3.8) is 0 Å². The van der Waals surface area contributed by atoms with Crippen LogP contribution in [0.15, 0.2) is 51.1 Å². The second-order valence-electron chi connectivity index (χ2n) is 6.10. The van der Waals surface area contributed by atoms with Crippen LogP contribution in [0.1, 0.15) is 16.2 Å². The first-order chi connectivity index (χ1) is 14.0. The Balaban J connectivity index is 1.43. The van der Waals surface area contributed by atoms with E-state index in [1.807, 2.05) is 17.5 Å². The molecule has 9 nitrogen and oxygen atoms in total. The lowest BCUT2D eigenvalue weighted by Gasteiger charge is -2.26. The van der Waals surface area contributed by atoms with E-state index in [-0.39, 0.29) is 36.0 Å². The van der Waals surface area contributed by atoms with Crippen LogP contribution in [-0.2, 0) is 26.1 Å². The molecule has 1 fully saturated rings. The van der Waals surface area contributed by atoms with Crippen molar-refractivity contribution in [2.45, 2.75) is 11.5 Å². The van der Waals surface area contributed by atoms with Crippen molar-refractivity contribution in [2.75, 3.05) is 26.3 Å². The summed E-state index contributed by atoms with van der Waals surface area (Å²) in [5.41, 5.74) is 0.123. The molecule has 3 aromatic rings. The van der Waals surface area contributed by atoms with Gasteiger partial charge < -0.3 is 13.9 Å². The van der Waals surface area contributed by atoms with Crippen molar-refractivity contribution >= 4 is 27.3 Å². The van der Waals surface area contributed by atoms with Crippen molar-refractivity contribution in [1.29, 1.82) is 0 Å². The molecule has 0 radical (unpaired) electrons. The Hall–Kier alpha value is -2.60. The number of ether oxygens (including phenoxy) is 2. The fraction of sp³-hybridized carbons (Fsp3) is 0.278. The van der Waals surface area contributed by atoms with E-state index >= 15 is 0 Å². The minimum atomic E-state index is -3.70. The summed E-state index contributed by atoms with van der Waals surface area (Å²) >= 11 is 1.45. The topological polar surface area (TPSA) is 112 Å². The van der Waals surface area contributed by atoms with Crippen LogP contribution in [0.5, 0.6) is 0 Å². The number of carbonyl (C=O) groups excluding carboxylic acids is 1. The highest BCUT2D eigenvalue weighted by Gasteiger charge is 2.27. The number of benzene rings is 1. The first-order valence-electron chi connectivity index (χ1n) is 8.75. The van der Waals surface area contributed by atoms with Gasteiger partial charge in [0.2, 0.25) is 10.0 Å². The largest absolute Gasteiger partial charge is 0.452 e. The zero-order valence-corrected chi connectivity index (χ0v) is 16.8. The van der Waals surface area contributed by atoms with Crippen molar-refractivity contribution in [3.05, 3.63) is 53.2 Å². The fourth-order valence-electron chi connectivity index (χ4n) is 2.74. The van der Waals surface area contributed by atoms with Gasteiger partial charge >= 0.3 is 5.97 Å². The lowest BCUT2D eigenvalue weighted by molar-refractivity contribution is 0.0438. The third kappa shape index (κ3) is 4.37. The standard InChI is InChI=1S/C18H17N3O6S2/c22-18(26-12-16-19-20-17(27-16)15-5-2-10-28-15)13-3-1-4-14(11-13)29(23,24)21-6-8-25-9-7-21/h1-5,10-11H,6-9,12H2. The molecule has 1 aliphatic rings. The third-order valence-electron chi connectivity index (χ3n) is 4.20. The fourth-order valence-corrected chi connectivity index (χ4v) is 4.84. The first kappa shape index (κ1) is 19.7. The van der Waals surface area contributed by atoms with E-state index in [0.29, 0.717) is 19.1 Å². The summed E-state index contributed by atoms with van der Waals surface area (Å²) in [5.74, 6) is -0.177. The van der Waals surface area contributed by atoms with Gasteiger partial charge in [-0.1, -0.05) is 12.1 Å². The van der Waals surface area contributed by atoms with Crippen molar-refractivity contribution in [2.24, 2.45) is 0 Å². The number of nitrogens with zero attached hydrogens (tertiary/aromatic N) is 3. The highest BCUT2D eigenvalue weighted by molar-refractivity contribution is 7.89. The number of esters is 1. The van der Waals surface area contributed by atoms with Gasteiger partial charge in [0, 0.05) is 13.1 Å². The molecule has 3 heterocycles. The number of carbonyl (C=O) groups is 1. The van der Waals surface area contributed by atoms with E-state index < -0.39 is 16.0 Å². The predicted octanol–water partition coefficient (Wildman–Crippen LogP) is 2.18. The van der Waals surface area contributed by atoms with Gasteiger partial charge in [-0.05, 0) is 29.6 Å². The van der Waals surface area contributed by atoms with Crippen molar-refractivity contribution < 1.29 is 27.1 Å². The molecule has 1 saturated heterocycles. The molecule has 0 saturated carbocycles. The van der Waals surface area contributed by atoms with Crippen LogP contribution in [0, 0.1) is 0 Å². The quantitative estimate of drug-likeness (QED) is 0.542. The Bertz CT molecular complexity index is 1090. The second-order valence-corrected chi connectivity index (χ2v) is 8.98. The maximum absolute atomic E-state index is 12.7. The normalized spacial score (nSPS) is 15.3. The molecule has 0 unspecified atom stereocenters. The number of aromatic nitrogens is 2. The Labute approximate surface area is 170 Å². The molecule has 0 N–H and O–H groups in total. The van der Waals surface area contributed by atoms with E-state index in [4.69, 9.17) is 13.9 Å². The maximum Gasteiger partial charge on any atom is 0.338 e. The zero-order chi connectivity index (χ0) is 20.3. The van der Waals surface area contributed by atoms with E-state index in [9.17, 15) is 13.2 Å². The van der Waals surface area contributed by atoms with Gasteiger partial charge in [-0.2, -0.15) is 4.31 Å². The molecular weight excluding hydrogens is 418 g/mol. The highest BCUT2D eigenvalue weighted by Crippen LogP contribution is 2.23. The van der Waals surface area contributed by atoms with E-state index in [0.717, 1.165) is 4.88 Å². The van der Waals surface area contributed by atoms with Crippen LogP contribution in [0.2, 0.25) is 0 Å². The molecule has 1 aromatic carbocycles. The Morgan fingerprint density at radius 1 is 1.17 bits per heavy atom. The number of sulfonamides is 1. The minimum Gasteiger partial charge on any atom is -0.452 e. The average Bonchev–Trinajstić information content (AvgIpc) is 3.44. The number of thiophene rings is 1. The Morgan fingerprint density at radius 2 is 2.00 bits per heavy atom. The van der Waals surface area contributed by atoms with Gasteiger partial charge in [0.05, 0.1) is 28.5 Å². The van der Waals surface area contributed by atoms with Crippen LogP contribution in [0.3, 0.4) is 0 Å². The molecule has 0 bridgehead atoms. The maximum atomic E-state index is 12.7. The van der Waals surface area contributed by atoms with Crippen molar-refractivity contribution in [3.8, 4) is 10.8 Å². The molecule has 0 spiro atoms. The Kier molecular flexibility index (Phi) is 5.72. The number of hydrogen-bond donors (Lipinski definition) is 0. The van der Waals surface area contributed by atoms with Crippen LogP contribution >= 0.6 is 11.3 Å². The van der Waals surface area contributed by atoms with Crippen LogP contribution < -0.4 is 0 Å². The average molecular weight is 435 g/mol. The summed E-state index contributed by atoms with van der Waals surface area (Å²) in [5, 5.41) is 9.66. The molecule has 0 atom stereocenters. The summed E-state index contributed by atoms with van der Waals surface area (Å²) in [4.78, 5) is 13.2. The lowest BCUT2D eigenvalue weighted by atomic mass is 10.2. The zero-order valence-electron chi connectivity index (χ0n) is 15.2.